The van der Waals surface area contributed by atoms with Crippen molar-refractivity contribution in [1.82, 2.24) is 15.0 Å². The van der Waals surface area contributed by atoms with Gasteiger partial charge in [0.2, 0.25) is 5.89 Å². The molecule has 5 heteroatoms. The number of rotatable bonds is 7. The van der Waals surface area contributed by atoms with E-state index in [-0.39, 0.29) is 0 Å². The number of nitrogens with zero attached hydrogens (tertiary/aromatic N) is 3. The lowest BCUT2D eigenvalue weighted by molar-refractivity contribution is 0.00368. The maximum Gasteiger partial charge on any atom is 0.229 e. The summed E-state index contributed by atoms with van der Waals surface area (Å²) in [4.78, 5) is 6.80. The molecule has 2 fully saturated rings. The fourth-order valence-corrected chi connectivity index (χ4v) is 3.64. The number of benzene rings is 1. The summed E-state index contributed by atoms with van der Waals surface area (Å²) in [5, 5.41) is 15.0. The van der Waals surface area contributed by atoms with Gasteiger partial charge in [0.15, 0.2) is 5.82 Å². The largest absolute Gasteiger partial charge is 0.389 e. The fourth-order valence-electron chi connectivity index (χ4n) is 3.64. The minimum atomic E-state index is -0.572. The Morgan fingerprint density at radius 1 is 1.12 bits per heavy atom. The van der Waals surface area contributed by atoms with Crippen LogP contribution in [0.3, 0.4) is 0 Å². The van der Waals surface area contributed by atoms with Gasteiger partial charge in [-0.25, -0.2) is 0 Å². The zero-order valence-electron chi connectivity index (χ0n) is 14.0. The van der Waals surface area contributed by atoms with E-state index in [9.17, 15) is 5.11 Å². The Balaban J connectivity index is 1.47. The molecule has 1 N–H and O–H groups in total. The van der Waals surface area contributed by atoms with Crippen LogP contribution >= 0.6 is 0 Å². The van der Waals surface area contributed by atoms with Gasteiger partial charge < -0.3 is 9.63 Å². The summed E-state index contributed by atoms with van der Waals surface area (Å²) in [6, 6.07) is 10.4. The third kappa shape index (κ3) is 3.84. The molecule has 0 amide bonds. The van der Waals surface area contributed by atoms with Gasteiger partial charge in [-0.1, -0.05) is 48.3 Å². The van der Waals surface area contributed by atoms with E-state index in [1.165, 1.54) is 5.56 Å². The van der Waals surface area contributed by atoms with Crippen molar-refractivity contribution in [3.63, 3.8) is 0 Å². The van der Waals surface area contributed by atoms with E-state index in [2.05, 4.69) is 39.3 Å². The molecular formula is C19H25N3O2. The van der Waals surface area contributed by atoms with Crippen LogP contribution in [0.4, 0.5) is 0 Å². The zero-order chi connectivity index (χ0) is 16.4. The van der Waals surface area contributed by atoms with Gasteiger partial charge in [-0.3, -0.25) is 4.90 Å². The second-order valence-corrected chi connectivity index (χ2v) is 7.39. The maximum atomic E-state index is 10.8. The average molecular weight is 327 g/mol. The highest BCUT2D eigenvalue weighted by atomic mass is 16.5. The molecule has 0 bridgehead atoms. The Bertz CT molecular complexity index is 660. The Hall–Kier alpha value is -1.72. The molecule has 2 aromatic rings. The van der Waals surface area contributed by atoms with Crippen molar-refractivity contribution < 1.29 is 9.63 Å². The SMILES string of the molecule is OC1(CN(Cc2ccccc2)Cc2noc(C3CC3)n2)CCCC1. The molecule has 4 rings (SSSR count). The van der Waals surface area contributed by atoms with E-state index in [0.29, 0.717) is 19.0 Å². The summed E-state index contributed by atoms with van der Waals surface area (Å²) in [7, 11) is 0. The van der Waals surface area contributed by atoms with Crippen molar-refractivity contribution in [1.29, 1.82) is 0 Å². The monoisotopic (exact) mass is 327 g/mol. The van der Waals surface area contributed by atoms with E-state index in [4.69, 9.17) is 4.52 Å². The highest BCUT2D eigenvalue weighted by Gasteiger charge is 2.34. The van der Waals surface area contributed by atoms with Crippen LogP contribution in [0.2, 0.25) is 0 Å². The van der Waals surface area contributed by atoms with Crippen molar-refractivity contribution in [2.45, 2.75) is 63.1 Å². The van der Waals surface area contributed by atoms with Crippen LogP contribution in [-0.4, -0.2) is 32.3 Å². The molecule has 0 spiro atoms. The molecular weight excluding hydrogens is 302 g/mol. The van der Waals surface area contributed by atoms with Crippen LogP contribution in [-0.2, 0) is 13.1 Å². The van der Waals surface area contributed by atoms with E-state index in [0.717, 1.165) is 56.8 Å². The molecule has 1 heterocycles. The Labute approximate surface area is 142 Å². The van der Waals surface area contributed by atoms with Gasteiger partial charge in [-0.2, -0.15) is 4.98 Å². The molecule has 128 valence electrons. The summed E-state index contributed by atoms with van der Waals surface area (Å²) in [6.07, 6.45) is 6.33. The molecule has 0 unspecified atom stereocenters. The molecule has 5 nitrogen and oxygen atoms in total. The van der Waals surface area contributed by atoms with Gasteiger partial charge in [0.1, 0.15) is 0 Å². The fraction of sp³-hybridized carbons (Fsp3) is 0.579. The van der Waals surface area contributed by atoms with Gasteiger partial charge >= 0.3 is 0 Å². The van der Waals surface area contributed by atoms with Crippen LogP contribution in [0.15, 0.2) is 34.9 Å². The molecule has 0 atom stereocenters. The summed E-state index contributed by atoms with van der Waals surface area (Å²) < 4.78 is 5.38. The average Bonchev–Trinajstić information content (AvgIpc) is 3.18. The summed E-state index contributed by atoms with van der Waals surface area (Å²) in [6.45, 7) is 2.07. The summed E-state index contributed by atoms with van der Waals surface area (Å²) in [5.41, 5.74) is 0.669. The first-order valence-corrected chi connectivity index (χ1v) is 9.01. The molecule has 0 radical (unpaired) electrons. The van der Waals surface area contributed by atoms with Gasteiger partial charge in [-0.05, 0) is 31.2 Å². The third-order valence-electron chi connectivity index (χ3n) is 5.08. The van der Waals surface area contributed by atoms with Crippen LogP contribution in [0, 0.1) is 0 Å². The normalized spacial score (nSPS) is 19.9. The number of aliphatic hydroxyl groups is 1. The molecule has 1 aromatic carbocycles. The molecule has 2 aliphatic carbocycles. The summed E-state index contributed by atoms with van der Waals surface area (Å²) in [5.74, 6) is 1.99. The lowest BCUT2D eigenvalue weighted by Crippen LogP contribution is -2.40. The first-order valence-electron chi connectivity index (χ1n) is 9.01. The zero-order valence-corrected chi connectivity index (χ0v) is 14.0. The number of aromatic nitrogens is 2. The van der Waals surface area contributed by atoms with Crippen molar-refractivity contribution in [2.75, 3.05) is 6.54 Å². The van der Waals surface area contributed by atoms with Crippen molar-refractivity contribution >= 4 is 0 Å². The molecule has 2 saturated carbocycles. The highest BCUT2D eigenvalue weighted by molar-refractivity contribution is 5.14. The van der Waals surface area contributed by atoms with Gasteiger partial charge in [-0.15, -0.1) is 0 Å². The van der Waals surface area contributed by atoms with Crippen LogP contribution in [0.1, 0.15) is 61.7 Å². The second-order valence-electron chi connectivity index (χ2n) is 7.39. The Kier molecular flexibility index (Phi) is 4.37. The number of hydrogen-bond acceptors (Lipinski definition) is 5. The Morgan fingerprint density at radius 2 is 1.88 bits per heavy atom. The highest BCUT2D eigenvalue weighted by Crippen LogP contribution is 2.39. The third-order valence-corrected chi connectivity index (χ3v) is 5.08. The van der Waals surface area contributed by atoms with E-state index < -0.39 is 5.60 Å². The van der Waals surface area contributed by atoms with Crippen molar-refractivity contribution in [3.8, 4) is 0 Å². The van der Waals surface area contributed by atoms with Crippen LogP contribution < -0.4 is 0 Å². The predicted octanol–water partition coefficient (Wildman–Crippen LogP) is 3.25. The smallest absolute Gasteiger partial charge is 0.229 e. The molecule has 0 aliphatic heterocycles. The first kappa shape index (κ1) is 15.8. The first-order chi connectivity index (χ1) is 11.7. The predicted molar refractivity (Wildman–Crippen MR) is 90.2 cm³/mol. The second kappa shape index (κ2) is 6.65. The molecule has 1 aromatic heterocycles. The lowest BCUT2D eigenvalue weighted by atomic mass is 10.0. The van der Waals surface area contributed by atoms with Crippen LogP contribution in [0.25, 0.3) is 0 Å². The maximum absolute atomic E-state index is 10.8. The Morgan fingerprint density at radius 3 is 2.58 bits per heavy atom. The number of hydrogen-bond donors (Lipinski definition) is 1. The van der Waals surface area contributed by atoms with Crippen molar-refractivity contribution in [2.24, 2.45) is 0 Å². The van der Waals surface area contributed by atoms with Gasteiger partial charge in [0, 0.05) is 19.0 Å². The molecule has 2 aliphatic rings. The van der Waals surface area contributed by atoms with Gasteiger partial charge in [0.25, 0.3) is 0 Å². The minimum absolute atomic E-state index is 0.479. The van der Waals surface area contributed by atoms with E-state index in [1.807, 2.05) is 6.07 Å². The minimum Gasteiger partial charge on any atom is -0.389 e. The van der Waals surface area contributed by atoms with Crippen molar-refractivity contribution in [3.05, 3.63) is 47.6 Å². The van der Waals surface area contributed by atoms with Gasteiger partial charge in [0.05, 0.1) is 12.1 Å². The molecule has 0 saturated heterocycles. The standard InChI is InChI=1S/C19H25N3O2/c23-19(10-4-5-11-19)14-22(12-15-6-2-1-3-7-15)13-17-20-18(24-21-17)16-8-9-16/h1-3,6-7,16,23H,4-5,8-14H2. The summed E-state index contributed by atoms with van der Waals surface area (Å²) >= 11 is 0. The van der Waals surface area contributed by atoms with E-state index in [1.54, 1.807) is 0 Å². The lowest BCUT2D eigenvalue weighted by Gasteiger charge is -2.30. The van der Waals surface area contributed by atoms with E-state index >= 15 is 0 Å². The van der Waals surface area contributed by atoms with Crippen LogP contribution in [0.5, 0.6) is 0 Å². The quantitative estimate of drug-likeness (QED) is 0.846. The topological polar surface area (TPSA) is 62.4 Å². The molecule has 24 heavy (non-hydrogen) atoms.